The molecule has 88 valence electrons. The van der Waals surface area contributed by atoms with Crippen molar-refractivity contribution in [2.45, 2.75) is 30.0 Å². The summed E-state index contributed by atoms with van der Waals surface area (Å²) < 4.78 is 0.988. The Morgan fingerprint density at radius 3 is 3.12 bits per heavy atom. The third-order valence-electron chi connectivity index (χ3n) is 2.36. The van der Waals surface area contributed by atoms with Crippen LogP contribution >= 0.6 is 27.7 Å². The van der Waals surface area contributed by atoms with E-state index in [1.165, 1.54) is 12.8 Å². The van der Waals surface area contributed by atoms with Crippen LogP contribution in [0.15, 0.2) is 27.8 Å². The molecular weight excluding hydrogens is 288 g/mol. The second kappa shape index (κ2) is 6.00. The highest BCUT2D eigenvalue weighted by molar-refractivity contribution is 9.10. The summed E-state index contributed by atoms with van der Waals surface area (Å²) in [5, 5.41) is 14.0. The summed E-state index contributed by atoms with van der Waals surface area (Å²) >= 11 is 5.02. The number of aliphatic hydroxyl groups is 1. The zero-order chi connectivity index (χ0) is 11.4. The average Bonchev–Trinajstić information content (AvgIpc) is 3.09. The van der Waals surface area contributed by atoms with Gasteiger partial charge < -0.3 is 10.4 Å². The maximum Gasteiger partial charge on any atom is 0.110 e. The monoisotopic (exact) mass is 302 g/mol. The SMILES string of the molecule is OC(CNC1CC1)CSc1ncccc1Br. The molecule has 1 atom stereocenters. The van der Waals surface area contributed by atoms with E-state index in [0.717, 1.165) is 9.50 Å². The molecule has 0 radical (unpaired) electrons. The van der Waals surface area contributed by atoms with Crippen molar-refractivity contribution in [1.29, 1.82) is 0 Å². The number of nitrogens with zero attached hydrogens (tertiary/aromatic N) is 1. The van der Waals surface area contributed by atoms with Crippen molar-refractivity contribution in [3.63, 3.8) is 0 Å². The van der Waals surface area contributed by atoms with Crippen LogP contribution in [0.25, 0.3) is 0 Å². The number of rotatable bonds is 6. The lowest BCUT2D eigenvalue weighted by Gasteiger charge is -2.11. The molecule has 0 bridgehead atoms. The lowest BCUT2D eigenvalue weighted by Crippen LogP contribution is -2.29. The van der Waals surface area contributed by atoms with Crippen LogP contribution in [-0.4, -0.2) is 34.5 Å². The number of halogens is 1. The molecule has 5 heteroatoms. The van der Waals surface area contributed by atoms with Crippen molar-refractivity contribution in [2.75, 3.05) is 12.3 Å². The maximum atomic E-state index is 9.75. The third-order valence-corrected chi connectivity index (χ3v) is 4.41. The average molecular weight is 303 g/mol. The van der Waals surface area contributed by atoms with Gasteiger partial charge in [0.15, 0.2) is 0 Å². The number of hydrogen-bond donors (Lipinski definition) is 2. The van der Waals surface area contributed by atoms with Crippen LogP contribution in [0.4, 0.5) is 0 Å². The molecular formula is C11H15BrN2OS. The molecule has 1 aromatic rings. The molecule has 0 amide bonds. The van der Waals surface area contributed by atoms with Crippen molar-refractivity contribution in [3.8, 4) is 0 Å². The van der Waals surface area contributed by atoms with Gasteiger partial charge in [-0.3, -0.25) is 0 Å². The Labute approximate surface area is 108 Å². The molecule has 1 aliphatic rings. The minimum Gasteiger partial charge on any atom is -0.391 e. The summed E-state index contributed by atoms with van der Waals surface area (Å²) in [5.41, 5.74) is 0. The Morgan fingerprint density at radius 2 is 2.44 bits per heavy atom. The van der Waals surface area contributed by atoms with Crippen LogP contribution < -0.4 is 5.32 Å². The van der Waals surface area contributed by atoms with E-state index in [-0.39, 0.29) is 6.10 Å². The van der Waals surface area contributed by atoms with Crippen LogP contribution in [0, 0.1) is 0 Å². The van der Waals surface area contributed by atoms with E-state index in [0.29, 0.717) is 18.3 Å². The summed E-state index contributed by atoms with van der Waals surface area (Å²) in [4.78, 5) is 4.24. The molecule has 0 aromatic carbocycles. The van der Waals surface area contributed by atoms with E-state index in [9.17, 15) is 5.11 Å². The Hall–Kier alpha value is -0.100. The highest BCUT2D eigenvalue weighted by atomic mass is 79.9. The van der Waals surface area contributed by atoms with Crippen molar-refractivity contribution in [2.24, 2.45) is 0 Å². The van der Waals surface area contributed by atoms with Gasteiger partial charge in [-0.2, -0.15) is 0 Å². The van der Waals surface area contributed by atoms with Gasteiger partial charge in [0.2, 0.25) is 0 Å². The van der Waals surface area contributed by atoms with Crippen molar-refractivity contribution in [1.82, 2.24) is 10.3 Å². The first-order chi connectivity index (χ1) is 7.75. The molecule has 0 spiro atoms. The zero-order valence-electron chi connectivity index (χ0n) is 8.90. The van der Waals surface area contributed by atoms with Crippen LogP contribution in [0.3, 0.4) is 0 Å². The van der Waals surface area contributed by atoms with Crippen LogP contribution in [-0.2, 0) is 0 Å². The Bertz CT molecular complexity index is 347. The summed E-state index contributed by atoms with van der Waals surface area (Å²) in [7, 11) is 0. The zero-order valence-corrected chi connectivity index (χ0v) is 11.3. The lowest BCUT2D eigenvalue weighted by atomic mass is 10.4. The number of hydrogen-bond acceptors (Lipinski definition) is 4. The largest absolute Gasteiger partial charge is 0.391 e. The number of aliphatic hydroxyl groups excluding tert-OH is 1. The molecule has 2 rings (SSSR count). The topological polar surface area (TPSA) is 45.1 Å². The predicted molar refractivity (Wildman–Crippen MR) is 69.7 cm³/mol. The van der Waals surface area contributed by atoms with Crippen LogP contribution in [0.2, 0.25) is 0 Å². The quantitative estimate of drug-likeness (QED) is 0.790. The minimum atomic E-state index is -0.306. The molecule has 1 aromatic heterocycles. The molecule has 1 heterocycles. The molecule has 0 saturated heterocycles. The Kier molecular flexibility index (Phi) is 4.64. The second-order valence-electron chi connectivity index (χ2n) is 3.94. The smallest absolute Gasteiger partial charge is 0.110 e. The van der Waals surface area contributed by atoms with Crippen LogP contribution in [0.1, 0.15) is 12.8 Å². The molecule has 1 saturated carbocycles. The van der Waals surface area contributed by atoms with Crippen molar-refractivity contribution in [3.05, 3.63) is 22.8 Å². The van der Waals surface area contributed by atoms with Gasteiger partial charge >= 0.3 is 0 Å². The fourth-order valence-electron chi connectivity index (χ4n) is 1.30. The van der Waals surface area contributed by atoms with Gasteiger partial charge in [0, 0.05) is 29.0 Å². The summed E-state index contributed by atoms with van der Waals surface area (Å²) in [6, 6.07) is 4.50. The van der Waals surface area contributed by atoms with E-state index >= 15 is 0 Å². The molecule has 2 N–H and O–H groups in total. The maximum absolute atomic E-state index is 9.75. The first kappa shape index (κ1) is 12.4. The molecule has 16 heavy (non-hydrogen) atoms. The van der Waals surface area contributed by atoms with Gasteiger partial charge in [0.25, 0.3) is 0 Å². The fourth-order valence-corrected chi connectivity index (χ4v) is 2.71. The van der Waals surface area contributed by atoms with Crippen molar-refractivity contribution >= 4 is 27.7 Å². The van der Waals surface area contributed by atoms with Gasteiger partial charge in [0.1, 0.15) is 5.03 Å². The predicted octanol–water partition coefficient (Wildman–Crippen LogP) is 2.05. The standard InChI is InChI=1S/C11H15BrN2OS/c12-10-2-1-5-13-11(10)16-7-9(15)6-14-8-3-4-8/h1-2,5,8-9,14-15H,3-4,6-7H2. The minimum absolute atomic E-state index is 0.306. The third kappa shape index (κ3) is 4.05. The molecule has 1 fully saturated rings. The Morgan fingerprint density at radius 1 is 1.62 bits per heavy atom. The fraction of sp³-hybridized carbons (Fsp3) is 0.545. The first-order valence-electron chi connectivity index (χ1n) is 5.40. The van der Waals surface area contributed by atoms with Gasteiger partial charge in [-0.05, 0) is 40.9 Å². The summed E-state index contributed by atoms with van der Waals surface area (Å²) in [6.07, 6.45) is 3.97. The van der Waals surface area contributed by atoms with Gasteiger partial charge in [-0.1, -0.05) is 0 Å². The highest BCUT2D eigenvalue weighted by Crippen LogP contribution is 2.25. The van der Waals surface area contributed by atoms with E-state index in [4.69, 9.17) is 0 Å². The number of nitrogens with one attached hydrogen (secondary N) is 1. The number of pyridine rings is 1. The van der Waals surface area contributed by atoms with Gasteiger partial charge in [-0.25, -0.2) is 4.98 Å². The van der Waals surface area contributed by atoms with Gasteiger partial charge in [0.05, 0.1) is 6.10 Å². The van der Waals surface area contributed by atoms with Crippen LogP contribution in [0.5, 0.6) is 0 Å². The highest BCUT2D eigenvalue weighted by Gasteiger charge is 2.21. The molecule has 1 aliphatic carbocycles. The van der Waals surface area contributed by atoms with Crippen molar-refractivity contribution < 1.29 is 5.11 Å². The second-order valence-corrected chi connectivity index (χ2v) is 5.80. The molecule has 0 aliphatic heterocycles. The lowest BCUT2D eigenvalue weighted by molar-refractivity contribution is 0.195. The number of aromatic nitrogens is 1. The number of thioether (sulfide) groups is 1. The summed E-state index contributed by atoms with van der Waals surface area (Å²) in [6.45, 7) is 0.683. The molecule has 3 nitrogen and oxygen atoms in total. The van der Waals surface area contributed by atoms with E-state index in [1.807, 2.05) is 12.1 Å². The Balaban J connectivity index is 1.71. The summed E-state index contributed by atoms with van der Waals surface area (Å²) in [5.74, 6) is 0.676. The van der Waals surface area contributed by atoms with E-state index in [2.05, 4.69) is 26.2 Å². The molecule has 1 unspecified atom stereocenters. The van der Waals surface area contributed by atoms with E-state index < -0.39 is 0 Å². The van der Waals surface area contributed by atoms with E-state index in [1.54, 1.807) is 18.0 Å². The first-order valence-corrected chi connectivity index (χ1v) is 7.18. The normalized spacial score (nSPS) is 17.4. The van der Waals surface area contributed by atoms with Gasteiger partial charge in [-0.15, -0.1) is 11.8 Å².